The lowest BCUT2D eigenvalue weighted by molar-refractivity contribution is 0.198. The molecule has 0 saturated carbocycles. The third-order valence-electron chi connectivity index (χ3n) is 4.50. The average molecular weight is 363 g/mol. The number of anilines is 1. The molecule has 0 amide bonds. The van der Waals surface area contributed by atoms with Gasteiger partial charge < -0.3 is 15.0 Å². The van der Waals surface area contributed by atoms with Gasteiger partial charge in [-0.1, -0.05) is 11.6 Å². The molecular formula is C20H24ClFN2O. The van der Waals surface area contributed by atoms with Crippen LogP contribution in [0.25, 0.3) is 0 Å². The van der Waals surface area contributed by atoms with Crippen LogP contribution >= 0.6 is 11.6 Å². The molecule has 0 aliphatic carbocycles. The van der Waals surface area contributed by atoms with Crippen LogP contribution in [0.5, 0.6) is 5.75 Å². The molecule has 1 saturated heterocycles. The first kappa shape index (κ1) is 18.0. The van der Waals surface area contributed by atoms with Gasteiger partial charge in [0.1, 0.15) is 11.6 Å². The van der Waals surface area contributed by atoms with Crippen molar-refractivity contribution in [3.63, 3.8) is 0 Å². The molecule has 0 spiro atoms. The van der Waals surface area contributed by atoms with Gasteiger partial charge in [-0.3, -0.25) is 0 Å². The molecule has 0 bridgehead atoms. The van der Waals surface area contributed by atoms with Crippen LogP contribution in [0.15, 0.2) is 48.5 Å². The number of nitrogens with one attached hydrogen (secondary N) is 1. The molecule has 3 rings (SSSR count). The van der Waals surface area contributed by atoms with E-state index < -0.39 is 0 Å². The van der Waals surface area contributed by atoms with Crippen molar-refractivity contribution in [1.82, 2.24) is 4.90 Å². The Bertz CT molecular complexity index is 637. The second-order valence-electron chi connectivity index (χ2n) is 6.42. The van der Waals surface area contributed by atoms with Crippen molar-refractivity contribution in [2.45, 2.75) is 25.3 Å². The fourth-order valence-corrected chi connectivity index (χ4v) is 3.22. The summed E-state index contributed by atoms with van der Waals surface area (Å²) in [6, 6.07) is 14.6. The zero-order chi connectivity index (χ0) is 17.5. The molecule has 1 aliphatic rings. The molecule has 0 atom stereocenters. The van der Waals surface area contributed by atoms with E-state index in [9.17, 15) is 4.39 Å². The summed E-state index contributed by atoms with van der Waals surface area (Å²) in [5.74, 6) is 0.495. The van der Waals surface area contributed by atoms with E-state index >= 15 is 0 Å². The molecule has 1 fully saturated rings. The molecule has 2 aromatic rings. The monoisotopic (exact) mass is 362 g/mol. The Morgan fingerprint density at radius 3 is 2.40 bits per heavy atom. The lowest BCUT2D eigenvalue weighted by Crippen LogP contribution is -2.39. The molecule has 0 radical (unpaired) electrons. The highest BCUT2D eigenvalue weighted by atomic mass is 35.5. The molecular weight excluding hydrogens is 339 g/mol. The Kier molecular flexibility index (Phi) is 6.54. The Balaban J connectivity index is 1.31. The lowest BCUT2D eigenvalue weighted by atomic mass is 10.0. The Labute approximate surface area is 153 Å². The fourth-order valence-electron chi connectivity index (χ4n) is 3.09. The van der Waals surface area contributed by atoms with Gasteiger partial charge in [0.05, 0.1) is 6.61 Å². The summed E-state index contributed by atoms with van der Waals surface area (Å²) in [7, 11) is 0. The van der Waals surface area contributed by atoms with Crippen molar-refractivity contribution < 1.29 is 9.13 Å². The average Bonchev–Trinajstić information content (AvgIpc) is 2.63. The topological polar surface area (TPSA) is 24.5 Å². The molecule has 1 N–H and O–H groups in total. The van der Waals surface area contributed by atoms with E-state index in [0.29, 0.717) is 12.6 Å². The molecule has 2 aromatic carbocycles. The summed E-state index contributed by atoms with van der Waals surface area (Å²) in [6.45, 7) is 3.90. The number of likely N-dealkylation sites (tertiary alicyclic amines) is 1. The second-order valence-corrected chi connectivity index (χ2v) is 6.86. The predicted octanol–water partition coefficient (Wildman–Crippen LogP) is 4.82. The van der Waals surface area contributed by atoms with Crippen molar-refractivity contribution in [2.24, 2.45) is 0 Å². The molecule has 25 heavy (non-hydrogen) atoms. The van der Waals surface area contributed by atoms with Crippen LogP contribution in [-0.4, -0.2) is 37.2 Å². The second kappa shape index (κ2) is 9.07. The van der Waals surface area contributed by atoms with E-state index in [-0.39, 0.29) is 5.82 Å². The summed E-state index contributed by atoms with van der Waals surface area (Å²) in [5, 5.41) is 4.35. The van der Waals surface area contributed by atoms with Crippen LogP contribution in [0.3, 0.4) is 0 Å². The fraction of sp³-hybridized carbons (Fsp3) is 0.400. The molecule has 5 heteroatoms. The first-order valence-corrected chi connectivity index (χ1v) is 9.20. The zero-order valence-electron chi connectivity index (χ0n) is 14.3. The minimum Gasteiger partial charge on any atom is -0.494 e. The molecule has 1 heterocycles. The van der Waals surface area contributed by atoms with E-state index in [0.717, 1.165) is 55.4 Å². The summed E-state index contributed by atoms with van der Waals surface area (Å²) in [6.07, 6.45) is 3.26. The normalized spacial score (nSPS) is 15.9. The maximum absolute atomic E-state index is 12.8. The minimum atomic E-state index is -0.234. The highest BCUT2D eigenvalue weighted by molar-refractivity contribution is 6.30. The first-order valence-electron chi connectivity index (χ1n) is 8.82. The first-order chi connectivity index (χ1) is 12.2. The third kappa shape index (κ3) is 5.91. The quantitative estimate of drug-likeness (QED) is 0.714. The van der Waals surface area contributed by atoms with Crippen molar-refractivity contribution in [1.29, 1.82) is 0 Å². The zero-order valence-corrected chi connectivity index (χ0v) is 15.0. The van der Waals surface area contributed by atoms with Crippen molar-refractivity contribution in [2.75, 3.05) is 31.6 Å². The van der Waals surface area contributed by atoms with E-state index in [1.54, 1.807) is 12.1 Å². The van der Waals surface area contributed by atoms with Gasteiger partial charge in [0.2, 0.25) is 0 Å². The maximum Gasteiger partial charge on any atom is 0.123 e. The minimum absolute atomic E-state index is 0.234. The van der Waals surface area contributed by atoms with Crippen LogP contribution in [0.1, 0.15) is 19.3 Å². The summed E-state index contributed by atoms with van der Waals surface area (Å²) >= 11 is 5.92. The molecule has 0 aromatic heterocycles. The Morgan fingerprint density at radius 2 is 1.72 bits per heavy atom. The van der Waals surface area contributed by atoms with Crippen LogP contribution < -0.4 is 10.1 Å². The van der Waals surface area contributed by atoms with Gasteiger partial charge >= 0.3 is 0 Å². The van der Waals surface area contributed by atoms with Gasteiger partial charge in [-0.2, -0.15) is 0 Å². The van der Waals surface area contributed by atoms with E-state index in [4.69, 9.17) is 16.3 Å². The summed E-state index contributed by atoms with van der Waals surface area (Å²) in [5.41, 5.74) is 1.13. The highest BCUT2D eigenvalue weighted by Gasteiger charge is 2.18. The summed E-state index contributed by atoms with van der Waals surface area (Å²) < 4.78 is 18.5. The SMILES string of the molecule is Fc1ccc(OCCCN2CCC(Nc3ccc(Cl)cc3)CC2)cc1. The lowest BCUT2D eigenvalue weighted by Gasteiger charge is -2.32. The highest BCUT2D eigenvalue weighted by Crippen LogP contribution is 2.19. The Hall–Kier alpha value is -1.78. The van der Waals surface area contributed by atoms with Crippen molar-refractivity contribution in [3.05, 3.63) is 59.4 Å². The van der Waals surface area contributed by atoms with Gasteiger partial charge in [0, 0.05) is 36.4 Å². The number of hydrogen-bond acceptors (Lipinski definition) is 3. The van der Waals surface area contributed by atoms with E-state index in [1.807, 2.05) is 24.3 Å². The Morgan fingerprint density at radius 1 is 1.04 bits per heavy atom. The predicted molar refractivity (Wildman–Crippen MR) is 101 cm³/mol. The van der Waals surface area contributed by atoms with E-state index in [1.165, 1.54) is 12.1 Å². The van der Waals surface area contributed by atoms with Crippen molar-refractivity contribution >= 4 is 17.3 Å². The maximum atomic E-state index is 12.8. The van der Waals surface area contributed by atoms with Crippen LogP contribution in [0, 0.1) is 5.82 Å². The molecule has 3 nitrogen and oxygen atoms in total. The van der Waals surface area contributed by atoms with Crippen LogP contribution in [-0.2, 0) is 0 Å². The van der Waals surface area contributed by atoms with Crippen LogP contribution in [0.4, 0.5) is 10.1 Å². The number of nitrogens with zero attached hydrogens (tertiary/aromatic N) is 1. The number of piperidine rings is 1. The smallest absolute Gasteiger partial charge is 0.123 e. The van der Waals surface area contributed by atoms with Crippen molar-refractivity contribution in [3.8, 4) is 5.75 Å². The third-order valence-corrected chi connectivity index (χ3v) is 4.76. The number of hydrogen-bond donors (Lipinski definition) is 1. The number of benzene rings is 2. The van der Waals surface area contributed by atoms with Gasteiger partial charge in [0.15, 0.2) is 0 Å². The molecule has 1 aliphatic heterocycles. The van der Waals surface area contributed by atoms with Crippen LogP contribution in [0.2, 0.25) is 5.02 Å². The standard InChI is InChI=1S/C20H24ClFN2O/c21-16-2-6-18(7-3-16)23-19-10-13-24(14-11-19)12-1-15-25-20-8-4-17(22)5-9-20/h2-9,19,23H,1,10-15H2. The number of ether oxygens (including phenoxy) is 1. The number of rotatable bonds is 7. The van der Waals surface area contributed by atoms with Gasteiger partial charge in [-0.05, 0) is 67.8 Å². The largest absolute Gasteiger partial charge is 0.494 e. The molecule has 0 unspecified atom stereocenters. The van der Waals surface area contributed by atoms with E-state index in [2.05, 4.69) is 10.2 Å². The number of halogens is 2. The van der Waals surface area contributed by atoms with Gasteiger partial charge in [-0.15, -0.1) is 0 Å². The summed E-state index contributed by atoms with van der Waals surface area (Å²) in [4.78, 5) is 2.48. The van der Waals surface area contributed by atoms with Gasteiger partial charge in [0.25, 0.3) is 0 Å². The molecule has 134 valence electrons. The van der Waals surface area contributed by atoms with Gasteiger partial charge in [-0.25, -0.2) is 4.39 Å².